The van der Waals surface area contributed by atoms with E-state index in [-0.39, 0.29) is 45.2 Å². The van der Waals surface area contributed by atoms with E-state index >= 15 is 0 Å². The first-order valence-electron chi connectivity index (χ1n) is 9.12. The third-order valence-electron chi connectivity index (χ3n) is 5.24. The SMILES string of the molecule is CC1=[C-]C(C)C(C)=C1C.Cl.Cl.Fc1ccc(-c2c[cH-]c3ccccc23)c(F)c1F.[CH3-].[CH3-].[Si]=[Zr]. The van der Waals surface area contributed by atoms with Gasteiger partial charge in [-0.05, 0) is 11.6 Å². The average Bonchev–Trinajstić information content (AvgIpc) is 3.25. The molecule has 0 saturated heterocycles. The van der Waals surface area contributed by atoms with Crippen molar-refractivity contribution < 1.29 is 36.5 Å². The second-order valence-corrected chi connectivity index (χ2v) is 6.86. The van der Waals surface area contributed by atoms with Crippen molar-refractivity contribution in [2.75, 3.05) is 0 Å². The maximum atomic E-state index is 13.7. The fourth-order valence-electron chi connectivity index (χ4n) is 3.28. The summed E-state index contributed by atoms with van der Waals surface area (Å²) < 4.78 is 39.9. The van der Waals surface area contributed by atoms with E-state index < -0.39 is 17.5 Å². The van der Waals surface area contributed by atoms with Gasteiger partial charge in [0.15, 0.2) is 17.5 Å². The van der Waals surface area contributed by atoms with E-state index in [1.54, 1.807) is 6.07 Å². The molecule has 1 aliphatic rings. The number of rotatable bonds is 1. The van der Waals surface area contributed by atoms with E-state index in [0.29, 0.717) is 11.5 Å². The first-order chi connectivity index (χ1) is 13.8. The Bertz CT molecular complexity index is 1090. The van der Waals surface area contributed by atoms with Crippen molar-refractivity contribution in [3.05, 3.63) is 104 Å². The monoisotopic (exact) mass is 586 g/mol. The zero-order valence-corrected chi connectivity index (χ0v) is 24.7. The molecule has 0 amide bonds. The summed E-state index contributed by atoms with van der Waals surface area (Å²) in [6.07, 6.45) is 3.36. The van der Waals surface area contributed by atoms with Gasteiger partial charge in [-0.25, -0.2) is 18.7 Å². The molecule has 1 atom stereocenters. The number of hydrogen-bond donors (Lipinski definition) is 0. The molecule has 0 heterocycles. The van der Waals surface area contributed by atoms with Crippen LogP contribution in [0.2, 0.25) is 0 Å². The molecule has 0 saturated carbocycles. The first-order valence-corrected chi connectivity index (χ1v) is 13.3. The Balaban J connectivity index is -0.000000522. The molecule has 0 aliphatic heterocycles. The second-order valence-electron chi connectivity index (χ2n) is 6.86. The van der Waals surface area contributed by atoms with Gasteiger partial charge in [0.2, 0.25) is 0 Å². The minimum atomic E-state index is -1.43. The Labute approximate surface area is 226 Å². The van der Waals surface area contributed by atoms with Gasteiger partial charge in [0.25, 0.3) is 0 Å². The van der Waals surface area contributed by atoms with Crippen molar-refractivity contribution in [2.24, 2.45) is 5.92 Å². The summed E-state index contributed by atoms with van der Waals surface area (Å²) in [6.45, 7) is 11.7. The normalized spacial score (nSPS) is 13.5. The fourth-order valence-corrected chi connectivity index (χ4v) is 3.28. The molecule has 0 aromatic heterocycles. The molecule has 4 rings (SSSR count). The van der Waals surface area contributed by atoms with Crippen molar-refractivity contribution in [2.45, 2.75) is 27.7 Å². The Hall–Kier alpha value is -1.000. The Morgan fingerprint density at radius 1 is 0.879 bits per heavy atom. The number of halogens is 5. The molecule has 33 heavy (non-hydrogen) atoms. The van der Waals surface area contributed by atoms with Gasteiger partial charge in [-0.3, -0.25) is 6.08 Å². The molecule has 0 N–H and O–H groups in total. The van der Waals surface area contributed by atoms with Crippen molar-refractivity contribution in [3.63, 3.8) is 0 Å². The van der Waals surface area contributed by atoms with Crippen molar-refractivity contribution >= 4 is 42.5 Å². The summed E-state index contributed by atoms with van der Waals surface area (Å²) in [7, 11) is 0. The van der Waals surface area contributed by atoms with Crippen LogP contribution in [0.3, 0.4) is 0 Å². The topological polar surface area (TPSA) is 0 Å². The first kappa shape index (κ1) is 36.6. The van der Waals surface area contributed by atoms with Crippen LogP contribution < -0.4 is 0 Å². The maximum absolute atomic E-state index is 13.7. The second kappa shape index (κ2) is 16.6. The molecule has 0 spiro atoms. The van der Waals surface area contributed by atoms with Crippen molar-refractivity contribution in [1.29, 1.82) is 0 Å². The van der Waals surface area contributed by atoms with Gasteiger partial charge >= 0.3 is 30.2 Å². The average molecular weight is 589 g/mol. The Morgan fingerprint density at radius 2 is 1.45 bits per heavy atom. The van der Waals surface area contributed by atoms with Crippen LogP contribution in [-0.2, 0) is 23.3 Å². The van der Waals surface area contributed by atoms with E-state index in [0.717, 1.165) is 16.8 Å². The van der Waals surface area contributed by atoms with Crippen LogP contribution in [-0.4, -0.2) is 6.88 Å². The molecule has 1 aliphatic carbocycles. The van der Waals surface area contributed by atoms with E-state index in [4.69, 9.17) is 0 Å². The van der Waals surface area contributed by atoms with Crippen molar-refractivity contribution in [3.8, 4) is 11.1 Å². The van der Waals surface area contributed by atoms with Gasteiger partial charge in [0.05, 0.1) is 0 Å². The van der Waals surface area contributed by atoms with Gasteiger partial charge in [-0.1, -0.05) is 38.8 Å². The predicted octanol–water partition coefficient (Wildman–Crippen LogP) is 8.73. The third-order valence-corrected chi connectivity index (χ3v) is 5.24. The summed E-state index contributed by atoms with van der Waals surface area (Å²) in [5.74, 6) is -3.19. The van der Waals surface area contributed by atoms with Crippen LogP contribution >= 0.6 is 24.8 Å². The Morgan fingerprint density at radius 3 is 1.94 bits per heavy atom. The molecule has 3 aromatic carbocycles. The van der Waals surface area contributed by atoms with Crippen LogP contribution in [0.4, 0.5) is 13.2 Å². The molecule has 1 unspecified atom stereocenters. The molecule has 7 heteroatoms. The van der Waals surface area contributed by atoms with Crippen molar-refractivity contribution in [1.82, 2.24) is 0 Å². The third kappa shape index (κ3) is 8.31. The van der Waals surface area contributed by atoms with E-state index in [1.165, 1.54) is 46.1 Å². The summed E-state index contributed by atoms with van der Waals surface area (Å²) >= 11 is 1.36. The molecule has 0 nitrogen and oxygen atoms in total. The van der Waals surface area contributed by atoms with Crippen LogP contribution in [0.1, 0.15) is 27.7 Å². The van der Waals surface area contributed by atoms with Crippen LogP contribution in [0.25, 0.3) is 21.9 Å². The van der Waals surface area contributed by atoms with Gasteiger partial charge < -0.3 is 14.9 Å². The zero-order valence-electron chi connectivity index (χ0n) is 19.6. The quantitative estimate of drug-likeness (QED) is 0.152. The van der Waals surface area contributed by atoms with E-state index in [1.807, 2.05) is 30.3 Å². The summed E-state index contributed by atoms with van der Waals surface area (Å²) in [4.78, 5) is 0. The minimum absolute atomic E-state index is 0. The predicted molar refractivity (Wildman–Crippen MR) is 138 cm³/mol. The molecular weight excluding hydrogens is 559 g/mol. The molecule has 0 fully saturated rings. The van der Waals surface area contributed by atoms with Gasteiger partial charge in [-0.15, -0.1) is 78.4 Å². The summed E-state index contributed by atoms with van der Waals surface area (Å²) in [5.41, 5.74) is 4.90. The summed E-state index contributed by atoms with van der Waals surface area (Å²) in [6, 6.07) is 13.1. The zero-order chi connectivity index (χ0) is 21.7. The van der Waals surface area contributed by atoms with Gasteiger partial charge in [0, 0.05) is 0 Å². The Kier molecular flexibility index (Phi) is 18.4. The molecule has 180 valence electrons. The van der Waals surface area contributed by atoms with Crippen LogP contribution in [0, 0.1) is 44.3 Å². The van der Waals surface area contributed by atoms with Gasteiger partial charge in [0.1, 0.15) is 0 Å². The fraction of sp³-hybridized carbons (Fsp3) is 0.192. The number of benzene rings is 2. The molecule has 3 aromatic rings. The summed E-state index contributed by atoms with van der Waals surface area (Å²) in [5, 5.41) is 1.76. The molecule has 2 radical (unpaired) electrons. The number of hydrogen-bond acceptors (Lipinski definition) is 0. The standard InChI is InChI=1S/C15H8F3.C9H13.2CH3.2ClH.Si.Zr/c16-13-8-7-12(14(17)15(13)18)11-6-5-9-3-1-2-4-10(9)11;1-6-5-7(2)9(4)8(6)3;;;;;;/h1-8H;6H,1-4H3;2*1H3;2*1H;;/q4*-1;;;;. The van der Waals surface area contributed by atoms with E-state index in [9.17, 15) is 13.2 Å². The number of allylic oxidation sites excluding steroid dienone is 4. The van der Waals surface area contributed by atoms with Gasteiger partial charge in [-0.2, -0.15) is 11.1 Å². The van der Waals surface area contributed by atoms with Crippen LogP contribution in [0.15, 0.2) is 65.3 Å². The van der Waals surface area contributed by atoms with Crippen LogP contribution in [0.5, 0.6) is 0 Å². The molecular formula is C26H29Cl2F3SiZr-4. The molecule has 0 bridgehead atoms. The number of fused-ring (bicyclic) bond motifs is 1. The van der Waals surface area contributed by atoms with E-state index in [2.05, 4.69) is 40.7 Å².